The standard InChI is InChI=1S/C41H64N6O4/c1-9-46-15-11-13-31(46)23-43-22-27-16-29(18-32(17-27)45(6)7)33-14-10-12-28(39(33)50-8)24-47-38(37(26(3)48)36(21-42)51-47)40(49)44-35-20-30-19-34(25(35)2)41(30,4)5/h10,12,14,16-18,25-26,30-31,34-38,43,48H,9,11,13,15,19-24,42H2,1-8H3,(H,44,49)/t25-,26-,30+,31+,34+,35-,36-,37+,38-/m0/s1. The van der Waals surface area contributed by atoms with E-state index >= 15 is 0 Å². The fourth-order valence-electron chi connectivity index (χ4n) is 9.99. The number of nitrogens with two attached hydrogens (primary N) is 1. The van der Waals surface area contributed by atoms with Crippen LogP contribution in [-0.2, 0) is 22.7 Å². The zero-order chi connectivity index (χ0) is 36.6. The third kappa shape index (κ3) is 7.55. The van der Waals surface area contributed by atoms with Gasteiger partial charge in [0.1, 0.15) is 11.8 Å². The van der Waals surface area contributed by atoms with E-state index < -0.39 is 24.2 Å². The van der Waals surface area contributed by atoms with Crippen LogP contribution in [0.2, 0.25) is 0 Å². The molecular weight excluding hydrogens is 640 g/mol. The Labute approximate surface area is 306 Å². The van der Waals surface area contributed by atoms with Crippen LogP contribution in [0.5, 0.6) is 5.75 Å². The molecule has 5 fully saturated rings. The number of amides is 1. The highest BCUT2D eigenvalue weighted by atomic mass is 16.7. The molecule has 10 nitrogen and oxygen atoms in total. The Kier molecular flexibility index (Phi) is 11.7. The van der Waals surface area contributed by atoms with Crippen LogP contribution in [0.1, 0.15) is 71.4 Å². The highest BCUT2D eigenvalue weighted by molar-refractivity contribution is 5.83. The molecule has 9 atom stereocenters. The Balaban J connectivity index is 1.24. The molecule has 2 aromatic rings. The summed E-state index contributed by atoms with van der Waals surface area (Å²) >= 11 is 0. The number of likely N-dealkylation sites (tertiary alicyclic amines) is 1. The van der Waals surface area contributed by atoms with Crippen LogP contribution in [0.4, 0.5) is 5.69 Å². The fourth-order valence-corrected chi connectivity index (χ4v) is 9.99. The monoisotopic (exact) mass is 704 g/mol. The topological polar surface area (TPSA) is 116 Å². The van der Waals surface area contributed by atoms with E-state index in [-0.39, 0.29) is 18.5 Å². The van der Waals surface area contributed by atoms with Crippen molar-refractivity contribution < 1.29 is 19.5 Å². The van der Waals surface area contributed by atoms with Gasteiger partial charge in [-0.2, -0.15) is 5.06 Å². The molecule has 10 heteroatoms. The zero-order valence-corrected chi connectivity index (χ0v) is 32.3. The number of aliphatic hydroxyl groups is 1. The lowest BCUT2D eigenvalue weighted by Crippen LogP contribution is -2.62. The first kappa shape index (κ1) is 38.0. The summed E-state index contributed by atoms with van der Waals surface area (Å²) in [5.41, 5.74) is 11.8. The zero-order valence-electron chi connectivity index (χ0n) is 32.3. The highest BCUT2D eigenvalue weighted by Crippen LogP contribution is 2.61. The van der Waals surface area contributed by atoms with Gasteiger partial charge >= 0.3 is 0 Å². The van der Waals surface area contributed by atoms with Crippen LogP contribution in [-0.4, -0.2) is 98.7 Å². The van der Waals surface area contributed by atoms with E-state index in [1.54, 1.807) is 19.1 Å². The quantitative estimate of drug-likeness (QED) is 0.224. The van der Waals surface area contributed by atoms with Gasteiger partial charge in [0.05, 0.1) is 25.9 Å². The molecule has 5 aliphatic rings. The number of nitrogens with zero attached hydrogens (tertiary/aromatic N) is 3. The number of anilines is 1. The second kappa shape index (κ2) is 15.7. The van der Waals surface area contributed by atoms with Crippen molar-refractivity contribution in [2.75, 3.05) is 52.3 Å². The summed E-state index contributed by atoms with van der Waals surface area (Å²) in [6.07, 6.45) is 3.50. The summed E-state index contributed by atoms with van der Waals surface area (Å²) in [5, 5.41) is 19.9. The molecule has 5 N–H and O–H groups in total. The molecule has 0 radical (unpaired) electrons. The smallest absolute Gasteiger partial charge is 0.240 e. The average Bonchev–Trinajstić information content (AvgIpc) is 3.72. The third-order valence-corrected chi connectivity index (χ3v) is 13.2. The molecule has 0 aromatic heterocycles. The molecule has 2 aromatic carbocycles. The predicted molar refractivity (Wildman–Crippen MR) is 204 cm³/mol. The number of carbonyl (C=O) groups is 1. The van der Waals surface area contributed by atoms with Crippen molar-refractivity contribution >= 4 is 11.6 Å². The number of rotatable bonds is 14. The van der Waals surface area contributed by atoms with Gasteiger partial charge in [0, 0.05) is 68.5 Å². The fraction of sp³-hybridized carbons (Fsp3) is 0.683. The number of methoxy groups -OCH3 is 1. The van der Waals surface area contributed by atoms with Crippen LogP contribution in [0.15, 0.2) is 36.4 Å². The van der Waals surface area contributed by atoms with E-state index in [4.69, 9.17) is 15.3 Å². The Morgan fingerprint density at radius 1 is 1.22 bits per heavy atom. The second-order valence-corrected chi connectivity index (χ2v) is 16.6. The number of hydroxylamine groups is 2. The van der Waals surface area contributed by atoms with Gasteiger partial charge in [0.15, 0.2) is 0 Å². The van der Waals surface area contributed by atoms with Gasteiger partial charge in [0.2, 0.25) is 5.91 Å². The molecule has 0 spiro atoms. The van der Waals surface area contributed by atoms with Gasteiger partial charge in [-0.05, 0) is 98.2 Å². The maximum Gasteiger partial charge on any atom is 0.240 e. The van der Waals surface area contributed by atoms with Gasteiger partial charge in [-0.3, -0.25) is 14.5 Å². The highest BCUT2D eigenvalue weighted by Gasteiger charge is 2.57. The summed E-state index contributed by atoms with van der Waals surface area (Å²) in [4.78, 5) is 25.4. The van der Waals surface area contributed by atoms with Crippen molar-refractivity contribution in [3.05, 3.63) is 47.5 Å². The van der Waals surface area contributed by atoms with Gasteiger partial charge in [-0.1, -0.05) is 45.9 Å². The molecular formula is C41H64N6O4. The van der Waals surface area contributed by atoms with Gasteiger partial charge < -0.3 is 31.1 Å². The number of hydrogen-bond donors (Lipinski definition) is 4. The lowest BCUT2D eigenvalue weighted by atomic mass is 9.45. The van der Waals surface area contributed by atoms with Crippen molar-refractivity contribution in [2.45, 2.75) is 104 Å². The van der Waals surface area contributed by atoms with Crippen molar-refractivity contribution in [2.24, 2.45) is 34.8 Å². The summed E-state index contributed by atoms with van der Waals surface area (Å²) in [6, 6.07) is 12.9. The SMILES string of the molecule is CCN1CCC[C@@H]1CNCc1cc(-c2cccc(CN3O[C@@H](CN)[C@@H]([C@H](C)O)[C@H]3C(=O)N[C@H]3C[C@H]4C[C@H]([C@@H]3C)C4(C)C)c2OC)cc(N(C)C)c1. The molecule has 282 valence electrons. The second-order valence-electron chi connectivity index (χ2n) is 16.6. The van der Waals surface area contributed by atoms with E-state index in [0.717, 1.165) is 54.2 Å². The molecule has 3 aliphatic carbocycles. The van der Waals surface area contributed by atoms with Crippen molar-refractivity contribution in [3.8, 4) is 16.9 Å². The molecule has 7 rings (SSSR count). The lowest BCUT2D eigenvalue weighted by molar-refractivity contribution is -0.175. The average molecular weight is 705 g/mol. The molecule has 2 bridgehead atoms. The van der Waals surface area contributed by atoms with Crippen LogP contribution < -0.4 is 26.0 Å². The summed E-state index contributed by atoms with van der Waals surface area (Å²) in [6.45, 7) is 15.6. The Morgan fingerprint density at radius 3 is 2.65 bits per heavy atom. The van der Waals surface area contributed by atoms with Gasteiger partial charge in [0.25, 0.3) is 0 Å². The minimum Gasteiger partial charge on any atom is -0.496 e. The van der Waals surface area contributed by atoms with Gasteiger partial charge in [-0.25, -0.2) is 0 Å². The lowest BCUT2D eigenvalue weighted by Gasteiger charge is -2.62. The summed E-state index contributed by atoms with van der Waals surface area (Å²) in [5.74, 6) is 1.80. The number of likely N-dealkylation sites (N-methyl/N-ethyl adjacent to an activating group) is 1. The van der Waals surface area contributed by atoms with Crippen LogP contribution in [0.25, 0.3) is 11.1 Å². The van der Waals surface area contributed by atoms with Crippen molar-refractivity contribution in [3.63, 3.8) is 0 Å². The van der Waals surface area contributed by atoms with Crippen molar-refractivity contribution in [1.29, 1.82) is 0 Å². The van der Waals surface area contributed by atoms with E-state index in [0.29, 0.717) is 35.8 Å². The normalized spacial score (nSPS) is 30.9. The Hall–Kier alpha value is -2.73. The first-order chi connectivity index (χ1) is 24.4. The third-order valence-electron chi connectivity index (χ3n) is 13.2. The summed E-state index contributed by atoms with van der Waals surface area (Å²) < 4.78 is 6.16. The Bertz CT molecular complexity index is 1510. The minimum absolute atomic E-state index is 0.0987. The number of carbonyl (C=O) groups excluding carboxylic acids is 1. The maximum atomic E-state index is 14.3. The predicted octanol–water partition coefficient (Wildman–Crippen LogP) is 4.63. The van der Waals surface area contributed by atoms with Crippen LogP contribution in [0, 0.1) is 29.1 Å². The Morgan fingerprint density at radius 2 is 2.00 bits per heavy atom. The number of benzene rings is 2. The van der Waals surface area contributed by atoms with Crippen molar-refractivity contribution in [1.82, 2.24) is 20.6 Å². The van der Waals surface area contributed by atoms with E-state index in [1.165, 1.54) is 31.4 Å². The number of fused-ring (bicyclic) bond motifs is 2. The van der Waals surface area contributed by atoms with Crippen LogP contribution >= 0.6 is 0 Å². The van der Waals surface area contributed by atoms with E-state index in [2.05, 4.69) is 86.5 Å². The number of nitrogens with one attached hydrogen (secondary N) is 2. The first-order valence-corrected chi connectivity index (χ1v) is 19.4. The van der Waals surface area contributed by atoms with Gasteiger partial charge in [-0.15, -0.1) is 0 Å². The number of hydrogen-bond acceptors (Lipinski definition) is 9. The maximum absolute atomic E-state index is 14.3. The van der Waals surface area contributed by atoms with Crippen LogP contribution in [0.3, 0.4) is 0 Å². The molecule has 3 saturated carbocycles. The minimum atomic E-state index is -0.775. The molecule has 2 aliphatic heterocycles. The van der Waals surface area contributed by atoms with E-state index in [1.807, 2.05) is 12.1 Å². The number of para-hydroxylation sites is 1. The molecule has 1 amide bonds. The molecule has 2 saturated heterocycles. The molecule has 51 heavy (non-hydrogen) atoms. The largest absolute Gasteiger partial charge is 0.496 e. The molecule has 0 unspecified atom stereocenters. The van der Waals surface area contributed by atoms with E-state index in [9.17, 15) is 9.90 Å². The molecule has 2 heterocycles. The number of aliphatic hydroxyl groups excluding tert-OH is 1. The number of ether oxygens (including phenoxy) is 1. The first-order valence-electron chi connectivity index (χ1n) is 19.4. The summed E-state index contributed by atoms with van der Waals surface area (Å²) in [7, 11) is 5.85.